The van der Waals surface area contributed by atoms with Crippen molar-refractivity contribution in [3.8, 4) is 0 Å². The van der Waals surface area contributed by atoms with Crippen LogP contribution in [-0.4, -0.2) is 60.0 Å². The van der Waals surface area contributed by atoms with Crippen LogP contribution in [-0.2, 0) is 0 Å². The summed E-state index contributed by atoms with van der Waals surface area (Å²) < 4.78 is 0. The third kappa shape index (κ3) is 127. The zero-order valence-electron chi connectivity index (χ0n) is 10.4. The maximum atomic E-state index is 9.77. The van der Waals surface area contributed by atoms with Crippen molar-refractivity contribution in [3.05, 3.63) is 30.6 Å². The summed E-state index contributed by atoms with van der Waals surface area (Å²) in [7, 11) is 0. The molecule has 0 aliphatic rings. The SMILES string of the molecule is NNC(=O)N[NH3+].NNC(=O)N[NH3+].O=[N+]([O-])[O-].O=[N+]([O-])[O-].[Ca+2]. The van der Waals surface area contributed by atoms with Crippen molar-refractivity contribution in [1.29, 1.82) is 0 Å². The number of quaternary nitrogens is 2. The van der Waals surface area contributed by atoms with Crippen molar-refractivity contribution in [1.82, 2.24) is 21.7 Å². The van der Waals surface area contributed by atoms with E-state index in [4.69, 9.17) is 30.6 Å². The molecule has 120 valence electrons. The molecule has 18 nitrogen and oxygen atoms in total. The molecular weight excluding hydrogens is 332 g/mol. The fourth-order valence-corrected chi connectivity index (χ4v) is 0.102. The molecule has 0 rings (SSSR count). The number of carbonyl (C=O) groups is 2. The van der Waals surface area contributed by atoms with Gasteiger partial charge in [0, 0.05) is 0 Å². The molecule has 0 aliphatic carbocycles. The molecule has 0 heterocycles. The first-order valence-corrected chi connectivity index (χ1v) is 3.79. The van der Waals surface area contributed by atoms with E-state index in [1.54, 1.807) is 10.9 Å². The topological polar surface area (TPSA) is 322 Å². The van der Waals surface area contributed by atoms with Crippen molar-refractivity contribution in [2.24, 2.45) is 11.7 Å². The van der Waals surface area contributed by atoms with E-state index in [0.717, 1.165) is 0 Å². The minimum absolute atomic E-state index is 0. The van der Waals surface area contributed by atoms with Crippen LogP contribution in [0.1, 0.15) is 0 Å². The van der Waals surface area contributed by atoms with Crippen molar-refractivity contribution in [2.45, 2.75) is 0 Å². The maximum absolute atomic E-state index is 9.77. The second-order valence-corrected chi connectivity index (χ2v) is 1.75. The van der Waals surface area contributed by atoms with Gasteiger partial charge in [-0.25, -0.2) is 21.3 Å². The molecule has 0 spiro atoms. The summed E-state index contributed by atoms with van der Waals surface area (Å²) in [6.45, 7) is 0. The minimum Gasteiger partial charge on any atom is -0.356 e. The first-order valence-electron chi connectivity index (χ1n) is 3.79. The molecule has 0 aliphatic heterocycles. The van der Waals surface area contributed by atoms with Crippen molar-refractivity contribution in [3.63, 3.8) is 0 Å². The van der Waals surface area contributed by atoms with E-state index in [0.29, 0.717) is 0 Å². The first-order chi connectivity index (χ1) is 9.08. The van der Waals surface area contributed by atoms with E-state index in [-0.39, 0.29) is 37.7 Å². The van der Waals surface area contributed by atoms with E-state index in [9.17, 15) is 9.59 Å². The molecule has 0 aromatic heterocycles. The third-order valence-electron chi connectivity index (χ3n) is 0.583. The van der Waals surface area contributed by atoms with Gasteiger partial charge in [0.05, 0.1) is 10.2 Å². The molecule has 0 saturated carbocycles. The number of rotatable bonds is 0. The Morgan fingerprint density at radius 3 is 0.952 bits per heavy atom. The Balaban J connectivity index is -0.0000000544. The number of hydrogen-bond donors (Lipinski definition) is 8. The van der Waals surface area contributed by atoms with Gasteiger partial charge < -0.3 is 30.6 Å². The molecule has 0 radical (unpaired) electrons. The average Bonchev–Trinajstić information content (AvgIpc) is 2.36. The molecule has 14 N–H and O–H groups in total. The van der Waals surface area contributed by atoms with Gasteiger partial charge in [0.25, 0.3) is 0 Å². The van der Waals surface area contributed by atoms with E-state index in [1.807, 2.05) is 10.9 Å². The van der Waals surface area contributed by atoms with Crippen LogP contribution in [0.3, 0.4) is 0 Å². The summed E-state index contributed by atoms with van der Waals surface area (Å²) in [5.74, 6) is 15.2. The standard InChI is InChI=1S/2CH6N4O.Ca.2NO3/c2*2-4-1(6)5-3;;2*2-1(3)4/h2*2-3H2,(H2,4,5,6);;;/q;;+2;2*-1/p+2. The fourth-order valence-electron chi connectivity index (χ4n) is 0.102. The van der Waals surface area contributed by atoms with Crippen molar-refractivity contribution >= 4 is 49.8 Å². The van der Waals surface area contributed by atoms with Crippen molar-refractivity contribution < 1.29 is 31.4 Å². The van der Waals surface area contributed by atoms with Gasteiger partial charge in [-0.1, -0.05) is 0 Å². The Kier molecular flexibility index (Phi) is 39.8. The second-order valence-electron chi connectivity index (χ2n) is 1.75. The van der Waals surface area contributed by atoms with Gasteiger partial charge in [-0.15, -0.1) is 0 Å². The molecule has 0 aromatic carbocycles. The number of nitrogens with two attached hydrogens (primary N) is 2. The van der Waals surface area contributed by atoms with E-state index < -0.39 is 22.2 Å². The molecule has 0 saturated heterocycles. The van der Waals surface area contributed by atoms with Gasteiger partial charge in [-0.05, 0) is 0 Å². The van der Waals surface area contributed by atoms with Crippen LogP contribution in [0.25, 0.3) is 0 Å². The van der Waals surface area contributed by atoms with E-state index >= 15 is 0 Å². The molecule has 0 unspecified atom stereocenters. The molecular formula is C2H14CaN10O8+2. The van der Waals surface area contributed by atoms with Gasteiger partial charge in [0.2, 0.25) is 0 Å². The van der Waals surface area contributed by atoms with Gasteiger partial charge in [-0.2, -0.15) is 10.9 Å². The number of hydrogen-bond acceptors (Lipinski definition) is 10. The zero-order chi connectivity index (χ0) is 17.1. The number of amides is 4. The van der Waals surface area contributed by atoms with Crippen molar-refractivity contribution in [2.75, 3.05) is 0 Å². The molecule has 0 bridgehead atoms. The van der Waals surface area contributed by atoms with E-state index in [1.165, 1.54) is 0 Å². The second kappa shape index (κ2) is 26.6. The number of hydrazine groups is 2. The average molecular weight is 346 g/mol. The quantitative estimate of drug-likeness (QED) is 0.0673. The third-order valence-corrected chi connectivity index (χ3v) is 0.583. The monoisotopic (exact) mass is 346 g/mol. The fraction of sp³-hybridized carbons (Fsp3) is 0. The Bertz CT molecular complexity index is 238. The Hall–Kier alpha value is -1.96. The Morgan fingerprint density at radius 2 is 0.952 bits per heavy atom. The first kappa shape index (κ1) is 31.4. The molecule has 21 heavy (non-hydrogen) atoms. The van der Waals surface area contributed by atoms with Crippen LogP contribution in [0.5, 0.6) is 0 Å². The van der Waals surface area contributed by atoms with Gasteiger partial charge in [-0.3, -0.25) is 22.5 Å². The van der Waals surface area contributed by atoms with Crippen LogP contribution in [0.15, 0.2) is 0 Å². The van der Waals surface area contributed by atoms with Crippen LogP contribution >= 0.6 is 0 Å². The number of carbonyl (C=O) groups excluding carboxylic acids is 2. The molecule has 19 heteroatoms. The Morgan fingerprint density at radius 1 is 0.810 bits per heavy atom. The minimum atomic E-state index is -1.75. The number of nitrogens with zero attached hydrogens (tertiary/aromatic N) is 2. The summed E-state index contributed by atoms with van der Waals surface area (Å²) in [6, 6.07) is -0.981. The van der Waals surface area contributed by atoms with Crippen LogP contribution < -0.4 is 45.1 Å². The smallest absolute Gasteiger partial charge is 0.356 e. The van der Waals surface area contributed by atoms with Gasteiger partial charge in [0.1, 0.15) is 0 Å². The molecule has 0 aromatic rings. The Labute approximate surface area is 145 Å². The number of nitrogens with one attached hydrogen (secondary N) is 4. The van der Waals surface area contributed by atoms with Crippen LogP contribution in [0, 0.1) is 30.6 Å². The molecule has 0 fully saturated rings. The van der Waals surface area contributed by atoms with Gasteiger partial charge in [0.15, 0.2) is 0 Å². The predicted molar refractivity (Wildman–Crippen MR) is 64.0 cm³/mol. The molecule has 0 atom stereocenters. The maximum Gasteiger partial charge on any atom is 2.00 e. The van der Waals surface area contributed by atoms with E-state index in [2.05, 4.69) is 23.4 Å². The molecule has 4 amide bonds. The largest absolute Gasteiger partial charge is 2.00 e. The van der Waals surface area contributed by atoms with Crippen LogP contribution in [0.2, 0.25) is 0 Å². The summed E-state index contributed by atoms with van der Waals surface area (Å²) in [5.41, 5.74) is 7.58. The summed E-state index contributed by atoms with van der Waals surface area (Å²) >= 11 is 0. The summed E-state index contributed by atoms with van der Waals surface area (Å²) in [4.78, 5) is 36.0. The summed E-state index contributed by atoms with van der Waals surface area (Å²) in [6.07, 6.45) is 0. The van der Waals surface area contributed by atoms with Gasteiger partial charge >= 0.3 is 49.8 Å². The number of urea groups is 2. The van der Waals surface area contributed by atoms with Crippen LogP contribution in [0.4, 0.5) is 9.59 Å². The normalized spacial score (nSPS) is 6.29. The summed E-state index contributed by atoms with van der Waals surface area (Å²) in [5, 5.41) is 29.5. The zero-order valence-corrected chi connectivity index (χ0v) is 12.6. The predicted octanol–water partition coefficient (Wildman–Crippen LogP) is -6.23.